The summed E-state index contributed by atoms with van der Waals surface area (Å²) in [6.45, 7) is 5.47. The molecule has 6 nitrogen and oxygen atoms in total. The van der Waals surface area contributed by atoms with E-state index in [2.05, 4.69) is 5.32 Å². The van der Waals surface area contributed by atoms with Gasteiger partial charge < -0.3 is 10.2 Å². The number of rotatable bonds is 4. The van der Waals surface area contributed by atoms with E-state index in [0.29, 0.717) is 42.5 Å². The SMILES string of the molecule is CCN(CC)C(=O)Nc1ccc(N2CCCCS2(=O)=O)c(Cl)c1. The molecule has 0 aliphatic carbocycles. The lowest BCUT2D eigenvalue weighted by atomic mass is 10.2. The van der Waals surface area contributed by atoms with Crippen LogP contribution < -0.4 is 9.62 Å². The van der Waals surface area contributed by atoms with E-state index in [1.165, 1.54) is 4.31 Å². The zero-order valence-corrected chi connectivity index (χ0v) is 15.0. The molecule has 1 fully saturated rings. The van der Waals surface area contributed by atoms with Crippen molar-refractivity contribution in [2.75, 3.05) is 35.0 Å². The minimum atomic E-state index is -3.30. The fourth-order valence-corrected chi connectivity index (χ4v) is 4.55. The summed E-state index contributed by atoms with van der Waals surface area (Å²) in [5, 5.41) is 3.08. The zero-order chi connectivity index (χ0) is 17.0. The summed E-state index contributed by atoms with van der Waals surface area (Å²) in [5.41, 5.74) is 1.01. The molecule has 0 bridgehead atoms. The van der Waals surface area contributed by atoms with Crippen molar-refractivity contribution in [1.29, 1.82) is 0 Å². The minimum absolute atomic E-state index is 0.143. The van der Waals surface area contributed by atoms with E-state index >= 15 is 0 Å². The Morgan fingerprint density at radius 1 is 1.30 bits per heavy atom. The number of sulfonamides is 1. The largest absolute Gasteiger partial charge is 0.325 e. The predicted octanol–water partition coefficient (Wildman–Crippen LogP) is 3.14. The summed E-state index contributed by atoms with van der Waals surface area (Å²) in [6.07, 6.45) is 1.49. The summed E-state index contributed by atoms with van der Waals surface area (Å²) in [4.78, 5) is 13.7. The summed E-state index contributed by atoms with van der Waals surface area (Å²) in [5.74, 6) is 0.143. The molecule has 1 N–H and O–H groups in total. The van der Waals surface area contributed by atoms with Crippen LogP contribution in [-0.4, -0.2) is 44.7 Å². The van der Waals surface area contributed by atoms with E-state index < -0.39 is 10.0 Å². The number of hydrogen-bond donors (Lipinski definition) is 1. The topological polar surface area (TPSA) is 69.7 Å². The first-order valence-electron chi connectivity index (χ1n) is 7.75. The maximum atomic E-state index is 12.2. The number of anilines is 2. The van der Waals surface area contributed by atoms with Crippen LogP contribution in [-0.2, 0) is 10.0 Å². The molecule has 0 unspecified atom stereocenters. The molecule has 0 spiro atoms. The van der Waals surface area contributed by atoms with Gasteiger partial charge in [0.15, 0.2) is 0 Å². The Kier molecular flexibility index (Phi) is 5.75. The molecule has 0 radical (unpaired) electrons. The molecule has 1 aromatic carbocycles. The third kappa shape index (κ3) is 4.09. The number of carbonyl (C=O) groups is 1. The van der Waals surface area contributed by atoms with Crippen molar-refractivity contribution < 1.29 is 13.2 Å². The number of carbonyl (C=O) groups excluding carboxylic acids is 1. The van der Waals surface area contributed by atoms with Gasteiger partial charge in [0.05, 0.1) is 16.5 Å². The van der Waals surface area contributed by atoms with Crippen molar-refractivity contribution in [1.82, 2.24) is 4.90 Å². The Labute approximate surface area is 142 Å². The molecule has 2 rings (SSSR count). The average molecular weight is 360 g/mol. The average Bonchev–Trinajstić information content (AvgIpc) is 2.49. The fraction of sp³-hybridized carbons (Fsp3) is 0.533. The highest BCUT2D eigenvalue weighted by Gasteiger charge is 2.27. The lowest BCUT2D eigenvalue weighted by molar-refractivity contribution is 0.217. The highest BCUT2D eigenvalue weighted by molar-refractivity contribution is 7.92. The number of benzene rings is 1. The second kappa shape index (κ2) is 7.40. The van der Waals surface area contributed by atoms with Crippen molar-refractivity contribution in [3.05, 3.63) is 23.2 Å². The lowest BCUT2D eigenvalue weighted by Gasteiger charge is -2.29. The third-order valence-electron chi connectivity index (χ3n) is 3.87. The predicted molar refractivity (Wildman–Crippen MR) is 93.8 cm³/mol. The van der Waals surface area contributed by atoms with E-state index in [-0.39, 0.29) is 11.8 Å². The van der Waals surface area contributed by atoms with Crippen molar-refractivity contribution in [3.8, 4) is 0 Å². The fourth-order valence-electron chi connectivity index (χ4n) is 2.56. The summed E-state index contributed by atoms with van der Waals surface area (Å²) < 4.78 is 25.7. The van der Waals surface area contributed by atoms with Crippen LogP contribution in [0.15, 0.2) is 18.2 Å². The monoisotopic (exact) mass is 359 g/mol. The van der Waals surface area contributed by atoms with Crippen molar-refractivity contribution in [2.45, 2.75) is 26.7 Å². The standard InChI is InChI=1S/C15H22ClN3O3S/c1-3-18(4-2)15(20)17-12-7-8-14(13(16)11-12)19-9-5-6-10-23(19,21)22/h7-8,11H,3-6,9-10H2,1-2H3,(H,17,20). The zero-order valence-electron chi connectivity index (χ0n) is 13.4. The number of nitrogens with zero attached hydrogens (tertiary/aromatic N) is 2. The molecule has 128 valence electrons. The maximum absolute atomic E-state index is 12.2. The highest BCUT2D eigenvalue weighted by atomic mass is 35.5. The summed E-state index contributed by atoms with van der Waals surface area (Å²) in [7, 11) is -3.30. The Morgan fingerprint density at radius 2 is 2.00 bits per heavy atom. The highest BCUT2D eigenvalue weighted by Crippen LogP contribution is 2.32. The normalized spacial score (nSPS) is 16.9. The van der Waals surface area contributed by atoms with Gasteiger partial charge in [0.1, 0.15) is 0 Å². The number of urea groups is 1. The molecule has 0 aromatic heterocycles. The first-order chi connectivity index (χ1) is 10.9. The van der Waals surface area contributed by atoms with Gasteiger partial charge in [-0.1, -0.05) is 11.6 Å². The molecular weight excluding hydrogens is 338 g/mol. The second-order valence-electron chi connectivity index (χ2n) is 5.36. The lowest BCUT2D eigenvalue weighted by Crippen LogP contribution is -2.38. The van der Waals surface area contributed by atoms with Gasteiger partial charge in [0.2, 0.25) is 10.0 Å². The smallest absolute Gasteiger partial charge is 0.321 e. The number of halogens is 1. The van der Waals surface area contributed by atoms with Crippen LogP contribution in [0.2, 0.25) is 5.02 Å². The summed E-state index contributed by atoms with van der Waals surface area (Å²) in [6, 6.07) is 4.70. The van der Waals surface area contributed by atoms with Crippen LogP contribution in [0.1, 0.15) is 26.7 Å². The van der Waals surface area contributed by atoms with Gasteiger partial charge >= 0.3 is 6.03 Å². The number of amides is 2. The number of hydrogen-bond acceptors (Lipinski definition) is 3. The molecule has 0 saturated carbocycles. The van der Waals surface area contributed by atoms with Gasteiger partial charge in [0, 0.05) is 25.3 Å². The van der Waals surface area contributed by atoms with Crippen LogP contribution in [0.4, 0.5) is 16.2 Å². The van der Waals surface area contributed by atoms with Crippen LogP contribution in [0.3, 0.4) is 0 Å². The molecule has 1 aliphatic heterocycles. The third-order valence-corrected chi connectivity index (χ3v) is 6.03. The Hall–Kier alpha value is -1.47. The van der Waals surface area contributed by atoms with Crippen molar-refractivity contribution in [3.63, 3.8) is 0 Å². The van der Waals surface area contributed by atoms with Gasteiger partial charge in [-0.25, -0.2) is 13.2 Å². The second-order valence-corrected chi connectivity index (χ2v) is 7.78. The first-order valence-corrected chi connectivity index (χ1v) is 9.73. The quantitative estimate of drug-likeness (QED) is 0.897. The number of nitrogens with one attached hydrogen (secondary N) is 1. The molecule has 23 heavy (non-hydrogen) atoms. The molecule has 1 aliphatic rings. The molecule has 1 heterocycles. The Bertz CT molecular complexity index is 675. The molecule has 0 atom stereocenters. The van der Waals surface area contributed by atoms with E-state index in [0.717, 1.165) is 6.42 Å². The maximum Gasteiger partial charge on any atom is 0.321 e. The Balaban J connectivity index is 2.19. The minimum Gasteiger partial charge on any atom is -0.325 e. The Morgan fingerprint density at radius 3 is 2.57 bits per heavy atom. The van der Waals surface area contributed by atoms with Crippen LogP contribution in [0.5, 0.6) is 0 Å². The van der Waals surface area contributed by atoms with Crippen LogP contribution >= 0.6 is 11.6 Å². The van der Waals surface area contributed by atoms with Crippen molar-refractivity contribution >= 4 is 39.0 Å². The molecular formula is C15H22ClN3O3S. The van der Waals surface area contributed by atoms with E-state index in [4.69, 9.17) is 11.6 Å². The van der Waals surface area contributed by atoms with Crippen LogP contribution in [0.25, 0.3) is 0 Å². The van der Waals surface area contributed by atoms with E-state index in [1.807, 2.05) is 13.8 Å². The van der Waals surface area contributed by atoms with Gasteiger partial charge in [0.25, 0.3) is 0 Å². The van der Waals surface area contributed by atoms with Gasteiger partial charge in [-0.15, -0.1) is 0 Å². The molecule has 1 saturated heterocycles. The van der Waals surface area contributed by atoms with Crippen molar-refractivity contribution in [2.24, 2.45) is 0 Å². The van der Waals surface area contributed by atoms with E-state index in [1.54, 1.807) is 23.1 Å². The first kappa shape index (κ1) is 17.9. The van der Waals surface area contributed by atoms with Crippen LogP contribution in [0, 0.1) is 0 Å². The van der Waals surface area contributed by atoms with Gasteiger partial charge in [-0.3, -0.25) is 4.31 Å². The van der Waals surface area contributed by atoms with E-state index in [9.17, 15) is 13.2 Å². The molecule has 1 aromatic rings. The van der Waals surface area contributed by atoms with Gasteiger partial charge in [-0.2, -0.15) is 0 Å². The molecule has 2 amide bonds. The van der Waals surface area contributed by atoms with Gasteiger partial charge in [-0.05, 0) is 44.9 Å². The molecule has 8 heteroatoms. The summed E-state index contributed by atoms with van der Waals surface area (Å²) >= 11 is 6.25.